The maximum absolute atomic E-state index is 9.00. The van der Waals surface area contributed by atoms with Gasteiger partial charge in [0.05, 0.1) is 5.41 Å². The van der Waals surface area contributed by atoms with E-state index < -0.39 is 5.97 Å². The lowest BCUT2D eigenvalue weighted by Gasteiger charge is -2.30. The van der Waals surface area contributed by atoms with Crippen molar-refractivity contribution in [1.29, 1.82) is 0 Å². The molecule has 0 aliphatic heterocycles. The summed E-state index contributed by atoms with van der Waals surface area (Å²) in [4.78, 5) is 9.00. The van der Waals surface area contributed by atoms with Crippen molar-refractivity contribution in [3.63, 3.8) is 0 Å². The molecule has 0 fully saturated rings. The summed E-state index contributed by atoms with van der Waals surface area (Å²) in [5, 5.41) is 7.42. The van der Waals surface area contributed by atoms with Crippen LogP contribution in [0.5, 0.6) is 0 Å². The van der Waals surface area contributed by atoms with Crippen LogP contribution in [0.1, 0.15) is 40.3 Å². The van der Waals surface area contributed by atoms with Gasteiger partial charge in [0.15, 0.2) is 0 Å². The SMILES string of the molecule is CC(=O)O.Cc1ccc2c(c1)C1(c3ccccc3-c3ccccc31)c1cc(C)ccc1-2. The molecule has 2 aliphatic carbocycles. The Morgan fingerprint density at radius 1 is 0.613 bits per heavy atom. The topological polar surface area (TPSA) is 37.3 Å². The third kappa shape index (κ3) is 2.68. The maximum atomic E-state index is 9.00. The van der Waals surface area contributed by atoms with Crippen LogP contribution in [0.15, 0.2) is 84.9 Å². The van der Waals surface area contributed by atoms with Crippen LogP contribution in [-0.2, 0) is 10.2 Å². The number of hydrogen-bond acceptors (Lipinski definition) is 1. The zero-order chi connectivity index (χ0) is 21.8. The molecule has 0 heterocycles. The van der Waals surface area contributed by atoms with Crippen molar-refractivity contribution in [2.75, 3.05) is 0 Å². The van der Waals surface area contributed by atoms with E-state index >= 15 is 0 Å². The molecule has 152 valence electrons. The van der Waals surface area contributed by atoms with Gasteiger partial charge in [-0.25, -0.2) is 0 Å². The van der Waals surface area contributed by atoms with Gasteiger partial charge in [-0.15, -0.1) is 0 Å². The standard InChI is InChI=1S/C27H20.C2H4O2/c1-17-11-13-21-22-14-12-18(2)16-26(22)27(25(21)15-17)23-9-5-3-7-19(23)20-8-4-6-10-24(20)27;1-2(3)4/h3-16H,1-2H3;1H3,(H,3,4). The summed E-state index contributed by atoms with van der Waals surface area (Å²) in [5.41, 5.74) is 13.6. The first-order valence-corrected chi connectivity index (χ1v) is 10.6. The Hall–Kier alpha value is -3.65. The number of carboxylic acid groups (broad SMARTS) is 1. The summed E-state index contributed by atoms with van der Waals surface area (Å²) in [6, 6.07) is 31.9. The van der Waals surface area contributed by atoms with Crippen molar-refractivity contribution >= 4 is 5.97 Å². The molecule has 2 aliphatic rings. The van der Waals surface area contributed by atoms with Crippen LogP contribution >= 0.6 is 0 Å². The molecule has 0 saturated carbocycles. The average molecular weight is 405 g/mol. The highest BCUT2D eigenvalue weighted by molar-refractivity contribution is 5.95. The average Bonchev–Trinajstić information content (AvgIpc) is 3.20. The van der Waals surface area contributed by atoms with Gasteiger partial charge in [-0.1, -0.05) is 96.1 Å². The van der Waals surface area contributed by atoms with E-state index in [9.17, 15) is 0 Å². The first-order chi connectivity index (χ1) is 14.9. The van der Waals surface area contributed by atoms with Crippen molar-refractivity contribution in [2.24, 2.45) is 0 Å². The van der Waals surface area contributed by atoms with Crippen molar-refractivity contribution in [3.8, 4) is 22.3 Å². The Bertz CT molecular complexity index is 1240. The predicted molar refractivity (Wildman–Crippen MR) is 126 cm³/mol. The van der Waals surface area contributed by atoms with Crippen LogP contribution < -0.4 is 0 Å². The summed E-state index contributed by atoms with van der Waals surface area (Å²) in [5.74, 6) is -0.833. The van der Waals surface area contributed by atoms with Crippen LogP contribution in [0.2, 0.25) is 0 Å². The van der Waals surface area contributed by atoms with Crippen LogP contribution in [0.4, 0.5) is 0 Å². The number of hydrogen-bond donors (Lipinski definition) is 1. The van der Waals surface area contributed by atoms with Crippen LogP contribution in [-0.4, -0.2) is 11.1 Å². The lowest BCUT2D eigenvalue weighted by atomic mass is 9.70. The molecule has 1 N–H and O–H groups in total. The quantitative estimate of drug-likeness (QED) is 0.304. The van der Waals surface area contributed by atoms with Gasteiger partial charge < -0.3 is 5.11 Å². The smallest absolute Gasteiger partial charge is 0.300 e. The van der Waals surface area contributed by atoms with E-state index in [-0.39, 0.29) is 5.41 Å². The molecular weight excluding hydrogens is 380 g/mol. The van der Waals surface area contributed by atoms with Crippen molar-refractivity contribution in [1.82, 2.24) is 0 Å². The Labute approximate surface area is 182 Å². The molecule has 0 aromatic heterocycles. The fraction of sp³-hybridized carbons (Fsp3) is 0.138. The summed E-state index contributed by atoms with van der Waals surface area (Å²) >= 11 is 0. The lowest BCUT2D eigenvalue weighted by molar-refractivity contribution is -0.134. The first kappa shape index (κ1) is 19.3. The molecule has 2 heteroatoms. The van der Waals surface area contributed by atoms with E-state index in [1.807, 2.05) is 0 Å². The van der Waals surface area contributed by atoms with E-state index in [0.29, 0.717) is 0 Å². The summed E-state index contributed by atoms with van der Waals surface area (Å²) < 4.78 is 0. The molecule has 0 amide bonds. The number of rotatable bonds is 0. The zero-order valence-corrected chi connectivity index (χ0v) is 17.9. The molecule has 0 unspecified atom stereocenters. The number of aryl methyl sites for hydroxylation is 2. The second-order valence-corrected chi connectivity index (χ2v) is 8.46. The van der Waals surface area contributed by atoms with Crippen molar-refractivity contribution in [2.45, 2.75) is 26.2 Å². The number of fused-ring (bicyclic) bond motifs is 10. The first-order valence-electron chi connectivity index (χ1n) is 10.6. The molecule has 31 heavy (non-hydrogen) atoms. The van der Waals surface area contributed by atoms with Gasteiger partial charge in [-0.05, 0) is 58.4 Å². The van der Waals surface area contributed by atoms with Gasteiger partial charge >= 0.3 is 0 Å². The van der Waals surface area contributed by atoms with E-state index in [2.05, 4.69) is 98.8 Å². The number of benzene rings is 4. The Morgan fingerprint density at radius 3 is 1.39 bits per heavy atom. The largest absolute Gasteiger partial charge is 0.481 e. The van der Waals surface area contributed by atoms with E-state index in [4.69, 9.17) is 9.90 Å². The third-order valence-electron chi connectivity index (χ3n) is 6.40. The molecule has 0 atom stereocenters. The summed E-state index contributed by atoms with van der Waals surface area (Å²) in [6.07, 6.45) is 0. The zero-order valence-electron chi connectivity index (χ0n) is 17.9. The fourth-order valence-corrected chi connectivity index (χ4v) is 5.37. The number of carbonyl (C=O) groups is 1. The van der Waals surface area contributed by atoms with Gasteiger partial charge in [0, 0.05) is 6.92 Å². The highest BCUT2D eigenvalue weighted by Gasteiger charge is 2.51. The Morgan fingerprint density at radius 2 is 0.968 bits per heavy atom. The van der Waals surface area contributed by atoms with Crippen LogP contribution in [0, 0.1) is 13.8 Å². The lowest BCUT2D eigenvalue weighted by Crippen LogP contribution is -2.26. The number of carboxylic acids is 1. The third-order valence-corrected chi connectivity index (χ3v) is 6.40. The molecule has 6 rings (SSSR count). The molecule has 4 aromatic carbocycles. The molecule has 4 aromatic rings. The molecule has 0 bridgehead atoms. The van der Waals surface area contributed by atoms with Gasteiger partial charge in [-0.2, -0.15) is 0 Å². The van der Waals surface area contributed by atoms with Crippen LogP contribution in [0.25, 0.3) is 22.3 Å². The summed E-state index contributed by atoms with van der Waals surface area (Å²) in [7, 11) is 0. The predicted octanol–water partition coefficient (Wildman–Crippen LogP) is 6.74. The monoisotopic (exact) mass is 404 g/mol. The van der Waals surface area contributed by atoms with Gasteiger partial charge in [-0.3, -0.25) is 4.79 Å². The van der Waals surface area contributed by atoms with Crippen LogP contribution in [0.3, 0.4) is 0 Å². The number of aliphatic carboxylic acids is 1. The minimum absolute atomic E-state index is 0.199. The fourth-order valence-electron chi connectivity index (χ4n) is 5.37. The Balaban J connectivity index is 0.000000473. The van der Waals surface area contributed by atoms with Crippen molar-refractivity contribution in [3.05, 3.63) is 118 Å². The second kappa shape index (κ2) is 6.95. The summed E-state index contributed by atoms with van der Waals surface area (Å²) in [6.45, 7) is 5.49. The minimum atomic E-state index is -0.833. The van der Waals surface area contributed by atoms with E-state index in [1.54, 1.807) is 0 Å². The maximum Gasteiger partial charge on any atom is 0.300 e. The van der Waals surface area contributed by atoms with Crippen molar-refractivity contribution < 1.29 is 9.90 Å². The molecule has 0 radical (unpaired) electrons. The second-order valence-electron chi connectivity index (χ2n) is 8.46. The van der Waals surface area contributed by atoms with E-state index in [0.717, 1.165) is 6.92 Å². The molecule has 2 nitrogen and oxygen atoms in total. The highest BCUT2D eigenvalue weighted by Crippen LogP contribution is 2.62. The minimum Gasteiger partial charge on any atom is -0.481 e. The van der Waals surface area contributed by atoms with Gasteiger partial charge in [0.1, 0.15) is 0 Å². The van der Waals surface area contributed by atoms with Gasteiger partial charge in [0.2, 0.25) is 0 Å². The molecular formula is C29H24O2. The molecule has 1 spiro atoms. The van der Waals surface area contributed by atoms with E-state index in [1.165, 1.54) is 55.6 Å². The Kier molecular flexibility index (Phi) is 4.33. The highest BCUT2D eigenvalue weighted by atomic mass is 16.4. The van der Waals surface area contributed by atoms with Gasteiger partial charge in [0.25, 0.3) is 5.97 Å². The normalized spacial score (nSPS) is 13.5. The molecule has 0 saturated heterocycles.